The van der Waals surface area contributed by atoms with Crippen molar-refractivity contribution < 1.29 is 23.1 Å². The van der Waals surface area contributed by atoms with Crippen LogP contribution in [0.5, 0.6) is 0 Å². The Balaban J connectivity index is 4.11. The molecule has 2 atom stereocenters. The SMILES string of the molecule is CCN(CC(C)C(=O)O)C(C)CCCC(F)(F)F. The van der Waals surface area contributed by atoms with E-state index in [4.69, 9.17) is 5.11 Å². The third-order valence-corrected chi connectivity index (χ3v) is 3.04. The van der Waals surface area contributed by atoms with Crippen molar-refractivity contribution in [1.29, 1.82) is 0 Å². The summed E-state index contributed by atoms with van der Waals surface area (Å²) in [5, 5.41) is 8.82. The molecule has 0 aliphatic carbocycles. The van der Waals surface area contributed by atoms with E-state index in [0.29, 0.717) is 19.5 Å². The van der Waals surface area contributed by atoms with Crippen molar-refractivity contribution in [2.24, 2.45) is 5.92 Å². The molecule has 0 spiro atoms. The molecule has 108 valence electrons. The Morgan fingerprint density at radius 2 is 1.89 bits per heavy atom. The molecule has 3 nitrogen and oxygen atoms in total. The van der Waals surface area contributed by atoms with E-state index in [2.05, 4.69) is 0 Å². The zero-order valence-electron chi connectivity index (χ0n) is 11.1. The zero-order chi connectivity index (χ0) is 14.3. The molecule has 0 amide bonds. The predicted octanol–water partition coefficient (Wildman–Crippen LogP) is 3.15. The summed E-state index contributed by atoms with van der Waals surface area (Å²) in [4.78, 5) is 12.7. The van der Waals surface area contributed by atoms with Crippen molar-refractivity contribution >= 4 is 5.97 Å². The van der Waals surface area contributed by atoms with E-state index in [0.717, 1.165) is 0 Å². The second kappa shape index (κ2) is 7.61. The lowest BCUT2D eigenvalue weighted by atomic mass is 10.1. The highest BCUT2D eigenvalue weighted by Crippen LogP contribution is 2.23. The van der Waals surface area contributed by atoms with Crippen LogP contribution in [0.1, 0.15) is 40.0 Å². The topological polar surface area (TPSA) is 40.5 Å². The summed E-state index contributed by atoms with van der Waals surface area (Å²) < 4.78 is 36.0. The lowest BCUT2D eigenvalue weighted by Gasteiger charge is -2.29. The van der Waals surface area contributed by atoms with Gasteiger partial charge in [0.15, 0.2) is 0 Å². The van der Waals surface area contributed by atoms with Crippen molar-refractivity contribution in [3.8, 4) is 0 Å². The van der Waals surface area contributed by atoms with Crippen LogP contribution < -0.4 is 0 Å². The molecule has 0 aliphatic rings. The summed E-state index contributed by atoms with van der Waals surface area (Å²) in [5.74, 6) is -1.38. The Morgan fingerprint density at radius 1 is 1.33 bits per heavy atom. The van der Waals surface area contributed by atoms with Gasteiger partial charge in [-0.1, -0.05) is 13.8 Å². The van der Waals surface area contributed by atoms with Crippen molar-refractivity contribution in [2.45, 2.75) is 52.3 Å². The Morgan fingerprint density at radius 3 is 2.28 bits per heavy atom. The average molecular weight is 269 g/mol. The van der Waals surface area contributed by atoms with Gasteiger partial charge in [0.1, 0.15) is 0 Å². The number of hydrogen-bond donors (Lipinski definition) is 1. The third kappa shape index (κ3) is 7.53. The molecule has 18 heavy (non-hydrogen) atoms. The fraction of sp³-hybridized carbons (Fsp3) is 0.917. The van der Waals surface area contributed by atoms with E-state index in [-0.39, 0.29) is 12.5 Å². The minimum absolute atomic E-state index is 0.0286. The average Bonchev–Trinajstić information content (AvgIpc) is 2.23. The molecule has 0 aromatic heterocycles. The largest absolute Gasteiger partial charge is 0.481 e. The van der Waals surface area contributed by atoms with Gasteiger partial charge in [-0.15, -0.1) is 0 Å². The van der Waals surface area contributed by atoms with Gasteiger partial charge in [0.25, 0.3) is 0 Å². The Labute approximate surface area is 106 Å². The van der Waals surface area contributed by atoms with E-state index >= 15 is 0 Å². The number of aliphatic carboxylic acids is 1. The second-order valence-electron chi connectivity index (χ2n) is 4.68. The maximum absolute atomic E-state index is 12.0. The van der Waals surface area contributed by atoms with Gasteiger partial charge < -0.3 is 10.0 Å². The molecule has 0 aromatic rings. The number of carboxylic acids is 1. The minimum atomic E-state index is -4.11. The summed E-state index contributed by atoms with van der Waals surface area (Å²) in [7, 11) is 0. The van der Waals surface area contributed by atoms with Crippen LogP contribution in [0, 0.1) is 5.92 Å². The highest BCUT2D eigenvalue weighted by atomic mass is 19.4. The number of alkyl halides is 3. The van der Waals surface area contributed by atoms with Gasteiger partial charge in [-0.05, 0) is 26.3 Å². The van der Waals surface area contributed by atoms with E-state index in [1.54, 1.807) is 6.92 Å². The maximum atomic E-state index is 12.0. The molecule has 0 aromatic carbocycles. The molecule has 0 aliphatic heterocycles. The van der Waals surface area contributed by atoms with Gasteiger partial charge in [0.2, 0.25) is 0 Å². The maximum Gasteiger partial charge on any atom is 0.389 e. The van der Waals surface area contributed by atoms with Crippen LogP contribution in [0.3, 0.4) is 0 Å². The van der Waals surface area contributed by atoms with E-state index in [1.165, 1.54) is 0 Å². The Bertz CT molecular complexity index is 256. The lowest BCUT2D eigenvalue weighted by Crippen LogP contribution is -2.38. The van der Waals surface area contributed by atoms with Gasteiger partial charge in [0.05, 0.1) is 5.92 Å². The number of carbonyl (C=O) groups is 1. The van der Waals surface area contributed by atoms with Crippen LogP contribution in [-0.4, -0.2) is 41.3 Å². The molecule has 0 rings (SSSR count). The first-order chi connectivity index (χ1) is 8.17. The first-order valence-electron chi connectivity index (χ1n) is 6.21. The molecule has 0 saturated carbocycles. The molecule has 6 heteroatoms. The van der Waals surface area contributed by atoms with Gasteiger partial charge in [-0.3, -0.25) is 4.79 Å². The fourth-order valence-electron chi connectivity index (χ4n) is 1.83. The molecule has 2 unspecified atom stereocenters. The number of rotatable bonds is 8. The van der Waals surface area contributed by atoms with E-state index in [1.807, 2.05) is 18.7 Å². The van der Waals surface area contributed by atoms with Crippen molar-refractivity contribution in [2.75, 3.05) is 13.1 Å². The van der Waals surface area contributed by atoms with Crippen molar-refractivity contribution in [3.63, 3.8) is 0 Å². The monoisotopic (exact) mass is 269 g/mol. The summed E-state index contributed by atoms with van der Waals surface area (Å²) in [5.41, 5.74) is 0. The minimum Gasteiger partial charge on any atom is -0.481 e. The Kier molecular flexibility index (Phi) is 7.28. The highest BCUT2D eigenvalue weighted by Gasteiger charge is 2.27. The normalized spacial score (nSPS) is 15.7. The van der Waals surface area contributed by atoms with Crippen LogP contribution >= 0.6 is 0 Å². The first-order valence-corrected chi connectivity index (χ1v) is 6.21. The van der Waals surface area contributed by atoms with E-state index in [9.17, 15) is 18.0 Å². The highest BCUT2D eigenvalue weighted by molar-refractivity contribution is 5.69. The van der Waals surface area contributed by atoms with Gasteiger partial charge in [0, 0.05) is 19.0 Å². The Hall–Kier alpha value is -0.780. The smallest absolute Gasteiger partial charge is 0.389 e. The lowest BCUT2D eigenvalue weighted by molar-refractivity contribution is -0.141. The zero-order valence-corrected chi connectivity index (χ0v) is 11.1. The van der Waals surface area contributed by atoms with E-state index < -0.39 is 24.5 Å². The molecule has 0 radical (unpaired) electrons. The number of nitrogens with zero attached hydrogens (tertiary/aromatic N) is 1. The van der Waals surface area contributed by atoms with Crippen molar-refractivity contribution in [1.82, 2.24) is 4.90 Å². The van der Waals surface area contributed by atoms with Crippen LogP contribution in [0.2, 0.25) is 0 Å². The van der Waals surface area contributed by atoms with Gasteiger partial charge >= 0.3 is 12.1 Å². The molecule has 0 heterocycles. The summed E-state index contributed by atoms with van der Waals surface area (Å²) >= 11 is 0. The summed E-state index contributed by atoms with van der Waals surface area (Å²) in [6.07, 6.45) is -4.36. The van der Waals surface area contributed by atoms with Crippen LogP contribution in [-0.2, 0) is 4.79 Å². The molecule has 0 fully saturated rings. The molecule has 0 bridgehead atoms. The third-order valence-electron chi connectivity index (χ3n) is 3.04. The number of carboxylic acid groups (broad SMARTS) is 1. The predicted molar refractivity (Wildman–Crippen MR) is 63.4 cm³/mol. The fourth-order valence-corrected chi connectivity index (χ4v) is 1.83. The van der Waals surface area contributed by atoms with Crippen LogP contribution in [0.4, 0.5) is 13.2 Å². The second-order valence-corrected chi connectivity index (χ2v) is 4.68. The quantitative estimate of drug-likeness (QED) is 0.736. The summed E-state index contributed by atoms with van der Waals surface area (Å²) in [6, 6.07) is -0.0286. The molecule has 0 saturated heterocycles. The first kappa shape index (κ1) is 17.2. The van der Waals surface area contributed by atoms with Crippen LogP contribution in [0.25, 0.3) is 0 Å². The molecular weight excluding hydrogens is 247 g/mol. The number of halogens is 3. The summed E-state index contributed by atoms with van der Waals surface area (Å²) in [6.45, 7) is 6.35. The van der Waals surface area contributed by atoms with Crippen LogP contribution in [0.15, 0.2) is 0 Å². The van der Waals surface area contributed by atoms with Gasteiger partial charge in [-0.25, -0.2) is 0 Å². The molecule has 1 N–H and O–H groups in total. The van der Waals surface area contributed by atoms with Gasteiger partial charge in [-0.2, -0.15) is 13.2 Å². The number of hydrogen-bond acceptors (Lipinski definition) is 2. The standard InChI is InChI=1S/C12H22F3NO2/c1-4-16(8-9(2)11(17)18)10(3)6-5-7-12(13,14)15/h9-10H,4-8H2,1-3H3,(H,17,18). The van der Waals surface area contributed by atoms with Crippen molar-refractivity contribution in [3.05, 3.63) is 0 Å². The molecular formula is C12H22F3NO2.